The highest BCUT2D eigenvalue weighted by molar-refractivity contribution is 5.94. The Labute approximate surface area is 185 Å². The zero-order chi connectivity index (χ0) is 21.9. The van der Waals surface area contributed by atoms with Gasteiger partial charge in [0.2, 0.25) is 5.91 Å². The summed E-state index contributed by atoms with van der Waals surface area (Å²) in [5, 5.41) is 16.6. The van der Waals surface area contributed by atoms with Gasteiger partial charge in [-0.05, 0) is 55.8 Å². The number of hydrogen-bond acceptors (Lipinski definition) is 7. The van der Waals surface area contributed by atoms with Crippen LogP contribution in [0.2, 0.25) is 0 Å². The Bertz CT molecular complexity index is 1230. The number of nitrogens with one attached hydrogen (secondary N) is 1. The predicted molar refractivity (Wildman–Crippen MR) is 120 cm³/mol. The van der Waals surface area contributed by atoms with Gasteiger partial charge in [-0.2, -0.15) is 5.10 Å². The molecule has 1 saturated heterocycles. The SMILES string of the molecule is Cn1cc(-c2ccc3nnc(NC(=O)C4CCN(Cc5ncccn5)CC4)cc3c2)cn1. The van der Waals surface area contributed by atoms with Crippen molar-refractivity contribution >= 4 is 22.6 Å². The van der Waals surface area contributed by atoms with Gasteiger partial charge in [-0.25, -0.2) is 9.97 Å². The van der Waals surface area contributed by atoms with Crippen molar-refractivity contribution in [2.75, 3.05) is 18.4 Å². The van der Waals surface area contributed by atoms with Gasteiger partial charge >= 0.3 is 0 Å². The first-order valence-electron chi connectivity index (χ1n) is 10.7. The van der Waals surface area contributed by atoms with Gasteiger partial charge in [-0.1, -0.05) is 6.07 Å². The fraction of sp³-hybridized carbons (Fsp3) is 0.304. The normalized spacial score (nSPS) is 15.2. The van der Waals surface area contributed by atoms with Gasteiger partial charge in [0.05, 0.1) is 18.3 Å². The minimum Gasteiger partial charge on any atom is -0.309 e. The van der Waals surface area contributed by atoms with E-state index in [1.54, 1.807) is 17.1 Å². The van der Waals surface area contributed by atoms with Crippen molar-refractivity contribution in [3.05, 3.63) is 60.9 Å². The molecule has 1 fully saturated rings. The van der Waals surface area contributed by atoms with Gasteiger partial charge < -0.3 is 5.32 Å². The molecule has 0 atom stereocenters. The van der Waals surface area contributed by atoms with E-state index in [2.05, 4.69) is 35.5 Å². The van der Waals surface area contributed by atoms with Crippen molar-refractivity contribution in [2.45, 2.75) is 19.4 Å². The Balaban J connectivity index is 1.22. The van der Waals surface area contributed by atoms with E-state index in [1.165, 1.54) is 0 Å². The molecule has 0 spiro atoms. The number of amides is 1. The maximum Gasteiger partial charge on any atom is 0.228 e. The van der Waals surface area contributed by atoms with Crippen LogP contribution in [0, 0.1) is 5.92 Å². The number of nitrogens with zero attached hydrogens (tertiary/aromatic N) is 7. The third kappa shape index (κ3) is 4.47. The first kappa shape index (κ1) is 20.2. The second-order valence-electron chi connectivity index (χ2n) is 8.11. The van der Waals surface area contributed by atoms with Crippen molar-refractivity contribution in [3.63, 3.8) is 0 Å². The number of hydrogen-bond donors (Lipinski definition) is 1. The molecule has 1 aliphatic rings. The molecule has 5 rings (SSSR count). The second kappa shape index (κ2) is 8.80. The van der Waals surface area contributed by atoms with E-state index in [-0.39, 0.29) is 11.8 Å². The number of piperidine rings is 1. The van der Waals surface area contributed by atoms with Gasteiger partial charge in [0.1, 0.15) is 5.82 Å². The van der Waals surface area contributed by atoms with Crippen molar-refractivity contribution in [1.82, 2.24) is 34.8 Å². The third-order valence-corrected chi connectivity index (χ3v) is 5.82. The molecule has 1 aliphatic heterocycles. The van der Waals surface area contributed by atoms with Gasteiger partial charge in [0.15, 0.2) is 5.82 Å². The molecule has 0 aliphatic carbocycles. The monoisotopic (exact) mass is 428 g/mol. The second-order valence-corrected chi connectivity index (χ2v) is 8.11. The molecule has 32 heavy (non-hydrogen) atoms. The summed E-state index contributed by atoms with van der Waals surface area (Å²) >= 11 is 0. The van der Waals surface area contributed by atoms with Crippen LogP contribution in [-0.2, 0) is 18.4 Å². The fourth-order valence-corrected chi connectivity index (χ4v) is 4.05. The molecule has 1 aromatic carbocycles. The summed E-state index contributed by atoms with van der Waals surface area (Å²) in [5.41, 5.74) is 2.86. The number of fused-ring (bicyclic) bond motifs is 1. The maximum absolute atomic E-state index is 12.8. The van der Waals surface area contributed by atoms with Crippen molar-refractivity contribution in [3.8, 4) is 11.1 Å². The summed E-state index contributed by atoms with van der Waals surface area (Å²) in [5.74, 6) is 1.25. The van der Waals surface area contributed by atoms with Crippen LogP contribution in [0.25, 0.3) is 22.0 Å². The molecule has 1 N–H and O–H groups in total. The lowest BCUT2D eigenvalue weighted by atomic mass is 9.96. The standard InChI is InChI=1S/C23H24N8O/c1-30-14-19(13-26-30)17-3-4-20-18(11-17)12-21(29-28-20)27-23(32)16-5-9-31(10-6-16)15-22-24-7-2-8-25-22/h2-4,7-8,11-14,16H,5-6,9-10,15H2,1H3,(H,27,29,32). The Hall–Kier alpha value is -3.72. The number of benzene rings is 1. The van der Waals surface area contributed by atoms with Gasteiger partial charge in [0.25, 0.3) is 0 Å². The zero-order valence-corrected chi connectivity index (χ0v) is 17.8. The lowest BCUT2D eigenvalue weighted by Gasteiger charge is -2.30. The highest BCUT2D eigenvalue weighted by atomic mass is 16.2. The molecule has 0 unspecified atom stereocenters. The Kier molecular flexibility index (Phi) is 5.55. The van der Waals surface area contributed by atoms with Gasteiger partial charge in [-0.15, -0.1) is 10.2 Å². The molecule has 4 aromatic rings. The summed E-state index contributed by atoms with van der Waals surface area (Å²) in [6.45, 7) is 2.40. The van der Waals surface area contributed by atoms with Crippen LogP contribution in [0.3, 0.4) is 0 Å². The van der Waals surface area contributed by atoms with Gasteiger partial charge in [-0.3, -0.25) is 14.4 Å². The number of aryl methyl sites for hydroxylation is 1. The van der Waals surface area contributed by atoms with Crippen LogP contribution in [-0.4, -0.2) is 53.8 Å². The van der Waals surface area contributed by atoms with E-state index in [0.29, 0.717) is 12.4 Å². The molecule has 0 bridgehead atoms. The molecule has 9 nitrogen and oxygen atoms in total. The van der Waals surface area contributed by atoms with E-state index < -0.39 is 0 Å². The van der Waals surface area contributed by atoms with E-state index in [0.717, 1.165) is 53.8 Å². The predicted octanol–water partition coefficient (Wildman–Crippen LogP) is 2.67. The molecule has 0 saturated carbocycles. The average molecular weight is 429 g/mol. The summed E-state index contributed by atoms with van der Waals surface area (Å²) in [6.07, 6.45) is 8.90. The molecule has 4 heterocycles. The smallest absolute Gasteiger partial charge is 0.228 e. The summed E-state index contributed by atoms with van der Waals surface area (Å²) in [6, 6.07) is 9.67. The van der Waals surface area contributed by atoms with Crippen molar-refractivity contribution in [1.29, 1.82) is 0 Å². The average Bonchev–Trinajstić information content (AvgIpc) is 3.26. The number of carbonyl (C=O) groups excluding carboxylic acids is 1. The molecule has 9 heteroatoms. The van der Waals surface area contributed by atoms with Crippen LogP contribution in [0.4, 0.5) is 5.82 Å². The number of anilines is 1. The van der Waals surface area contributed by atoms with Crippen LogP contribution in [0.1, 0.15) is 18.7 Å². The molecule has 0 radical (unpaired) electrons. The Morgan fingerprint density at radius 3 is 2.66 bits per heavy atom. The third-order valence-electron chi connectivity index (χ3n) is 5.82. The minimum atomic E-state index is -0.0397. The number of rotatable bonds is 5. The summed E-state index contributed by atoms with van der Waals surface area (Å²) in [7, 11) is 1.89. The highest BCUT2D eigenvalue weighted by Crippen LogP contribution is 2.25. The topological polar surface area (TPSA) is 102 Å². The van der Waals surface area contributed by atoms with E-state index in [4.69, 9.17) is 0 Å². The quantitative estimate of drug-likeness (QED) is 0.521. The van der Waals surface area contributed by atoms with Crippen LogP contribution >= 0.6 is 0 Å². The largest absolute Gasteiger partial charge is 0.309 e. The molecular weight excluding hydrogens is 404 g/mol. The maximum atomic E-state index is 12.8. The van der Waals surface area contributed by atoms with Crippen LogP contribution < -0.4 is 5.32 Å². The van der Waals surface area contributed by atoms with Gasteiger partial charge in [0, 0.05) is 42.5 Å². The summed E-state index contributed by atoms with van der Waals surface area (Å²) < 4.78 is 1.77. The lowest BCUT2D eigenvalue weighted by molar-refractivity contribution is -0.121. The first-order chi connectivity index (χ1) is 15.6. The number of carbonyl (C=O) groups is 1. The minimum absolute atomic E-state index is 0.00215. The van der Waals surface area contributed by atoms with Crippen LogP contribution in [0.15, 0.2) is 55.1 Å². The summed E-state index contributed by atoms with van der Waals surface area (Å²) in [4.78, 5) is 23.7. The molecule has 162 valence electrons. The van der Waals surface area contributed by atoms with Crippen molar-refractivity contribution in [2.24, 2.45) is 13.0 Å². The van der Waals surface area contributed by atoms with E-state index in [9.17, 15) is 4.79 Å². The van der Waals surface area contributed by atoms with Crippen LogP contribution in [0.5, 0.6) is 0 Å². The first-order valence-corrected chi connectivity index (χ1v) is 10.7. The fourth-order valence-electron chi connectivity index (χ4n) is 4.05. The lowest BCUT2D eigenvalue weighted by Crippen LogP contribution is -2.38. The number of aromatic nitrogens is 6. The molecule has 3 aromatic heterocycles. The highest BCUT2D eigenvalue weighted by Gasteiger charge is 2.25. The number of likely N-dealkylation sites (tertiary alicyclic amines) is 1. The van der Waals surface area contributed by atoms with E-state index >= 15 is 0 Å². The Morgan fingerprint density at radius 2 is 1.91 bits per heavy atom. The molecule has 1 amide bonds. The molecular formula is C23H24N8O. The Morgan fingerprint density at radius 1 is 1.09 bits per heavy atom. The van der Waals surface area contributed by atoms with Crippen molar-refractivity contribution < 1.29 is 4.79 Å². The zero-order valence-electron chi connectivity index (χ0n) is 17.8. The van der Waals surface area contributed by atoms with E-state index in [1.807, 2.05) is 49.8 Å².